The van der Waals surface area contributed by atoms with Crippen molar-refractivity contribution in [3.63, 3.8) is 0 Å². The maximum atomic E-state index is 0. The predicted molar refractivity (Wildman–Crippen MR) is 21.7 cm³/mol. The van der Waals surface area contributed by atoms with Crippen LogP contribution in [0.5, 0.6) is 0 Å². The Morgan fingerprint density at radius 2 is 0.0215 bits per heavy atom. The van der Waals surface area contributed by atoms with E-state index in [0.29, 0.717) is 0 Å². The van der Waals surface area contributed by atoms with E-state index in [-0.39, 0.29) is 4500 Å². The molecule has 0 aliphatic heterocycles. The van der Waals surface area contributed by atoms with E-state index >= 15 is 0 Å². The standard InChI is InChI=1S/87K.6H2O/h;;;;;;;;;;;;;;;;;;;;;;;;;;;;;;;;;;;;;;;;;;;;;;;;;;;;;;;;;;;;;;;;;;;;;;;;;;;;;;;;;;;;;;;6*1H2/q87*+1;;;;;;. The average molecular weight is 3510 g/mol. The molecular formula is H12K87O6+87. The maximum absolute atomic E-state index is 0. The largest absolute Gasteiger partial charge is 1.00 e. The minimum atomic E-state index is 0. The van der Waals surface area contributed by atoms with Gasteiger partial charge in [-0.15, -0.1) is 0 Å². The molecule has 0 saturated heterocycles. The van der Waals surface area contributed by atoms with Crippen LogP contribution in [0.1, 0.15) is 0 Å². The van der Waals surface area contributed by atoms with E-state index in [1.807, 2.05) is 0 Å². The van der Waals surface area contributed by atoms with Gasteiger partial charge in [0.25, 0.3) is 0 Å². The van der Waals surface area contributed by atoms with Crippen molar-refractivity contribution in [3.05, 3.63) is 0 Å². The molecule has 6 nitrogen and oxygen atoms in total. The first-order valence-electron chi connectivity index (χ1n) is 0. The minimum absolute atomic E-state index is 0. The van der Waals surface area contributed by atoms with Crippen LogP contribution in [0.3, 0.4) is 0 Å². The second-order valence-electron chi connectivity index (χ2n) is 0. The molecule has 0 unspecified atom stereocenters. The van der Waals surface area contributed by atoms with E-state index in [2.05, 4.69) is 0 Å². The Hall–Kier alpha value is 142. The molecule has 0 saturated carbocycles. The van der Waals surface area contributed by atoms with Crippen molar-refractivity contribution >= 4 is 0 Å². The maximum Gasteiger partial charge on any atom is 1.00 e. The Balaban J connectivity index is 0. The van der Waals surface area contributed by atoms with E-state index in [9.17, 15) is 0 Å². The molecular weight excluding hydrogens is 3500 g/mol. The summed E-state index contributed by atoms with van der Waals surface area (Å²) in [6, 6.07) is 0. The third-order valence-electron chi connectivity index (χ3n) is 0. The SMILES string of the molecule is O.O.O.O.O.O.[K+].[K+].[K+].[K+].[K+].[K+].[K+].[K+].[K+].[K+].[K+].[K+].[K+].[K+].[K+].[K+].[K+].[K+].[K+].[K+].[K+].[K+].[K+].[K+].[K+].[K+].[K+].[K+].[K+].[K+].[K+].[K+].[K+].[K+].[K+].[K+].[K+].[K+].[K+].[K+].[K+].[K+].[K+].[K+].[K+].[K+].[K+].[K+].[K+].[K+].[K+].[K+].[K+].[K+].[K+].[K+].[K+].[K+].[K+].[K+].[K+].[K+].[K+].[K+].[K+].[K+].[K+].[K+].[K+].[K+].[K+].[K+].[K+].[K+].[K+].[K+].[K+].[K+].[K+].[K+].[K+].[K+].[K+].[K+].[K+].[K+].[K+]. The van der Waals surface area contributed by atoms with Crippen molar-refractivity contribution in [1.29, 1.82) is 0 Å². The number of hydrogen-bond donors (Lipinski definition) is 0. The van der Waals surface area contributed by atoms with Crippen molar-refractivity contribution in [1.82, 2.24) is 0 Å². The van der Waals surface area contributed by atoms with Gasteiger partial charge >= 0.3 is 4470 Å². The summed E-state index contributed by atoms with van der Waals surface area (Å²) < 4.78 is 0. The van der Waals surface area contributed by atoms with E-state index < -0.39 is 0 Å². The first-order chi connectivity index (χ1) is 0. The van der Waals surface area contributed by atoms with Crippen LogP contribution in [0.25, 0.3) is 0 Å². The Kier molecular flexibility index (Phi) is 4320. The Bertz CT molecular complexity index is 32.1. The van der Waals surface area contributed by atoms with Gasteiger partial charge in [-0.3, -0.25) is 0 Å². The first-order valence-corrected chi connectivity index (χ1v) is 0. The van der Waals surface area contributed by atoms with Gasteiger partial charge in [0.15, 0.2) is 0 Å². The van der Waals surface area contributed by atoms with Gasteiger partial charge < -0.3 is 32.9 Å². The average Bonchev–Trinajstić information content (AvgIpc) is 0. The topological polar surface area (TPSA) is 189 Å². The van der Waals surface area contributed by atoms with Crippen molar-refractivity contribution < 1.29 is 4500 Å². The Labute approximate surface area is 4290 Å². The van der Waals surface area contributed by atoms with E-state index in [1.165, 1.54) is 0 Å². The second-order valence-corrected chi connectivity index (χ2v) is 0. The molecule has 48 valence electrons. The third-order valence-corrected chi connectivity index (χ3v) is 0. The Morgan fingerprint density at radius 3 is 0.0215 bits per heavy atom. The molecule has 0 aliphatic carbocycles. The van der Waals surface area contributed by atoms with Crippen LogP contribution in [0, 0.1) is 0 Å². The van der Waals surface area contributed by atoms with E-state index in [4.69, 9.17) is 0 Å². The molecule has 0 bridgehead atoms. The molecule has 0 aromatic carbocycles. The summed E-state index contributed by atoms with van der Waals surface area (Å²) in [7, 11) is 0. The van der Waals surface area contributed by atoms with E-state index in [1.54, 1.807) is 0 Å². The van der Waals surface area contributed by atoms with Crippen molar-refractivity contribution in [2.45, 2.75) is 0 Å². The molecule has 0 fully saturated rings. The van der Waals surface area contributed by atoms with Gasteiger partial charge in [0.2, 0.25) is 0 Å². The van der Waals surface area contributed by atoms with Crippen molar-refractivity contribution in [2.24, 2.45) is 0 Å². The fraction of sp³-hybridized carbons (Fsp3) is 0. The van der Waals surface area contributed by atoms with Crippen molar-refractivity contribution in [3.8, 4) is 0 Å². The van der Waals surface area contributed by atoms with Gasteiger partial charge in [0, 0.05) is 0 Å². The molecule has 0 amide bonds. The zero-order valence-corrected chi connectivity index (χ0v) is 362. The summed E-state index contributed by atoms with van der Waals surface area (Å²) in [5, 5.41) is 0. The zero-order chi connectivity index (χ0) is 0. The van der Waals surface area contributed by atoms with Gasteiger partial charge in [-0.2, -0.15) is 0 Å². The Morgan fingerprint density at radius 1 is 0.0215 bits per heavy atom. The fourth-order valence-corrected chi connectivity index (χ4v) is 0. The molecule has 0 radical (unpaired) electrons. The van der Waals surface area contributed by atoms with Crippen LogP contribution in [0.2, 0.25) is 0 Å². The van der Waals surface area contributed by atoms with E-state index in [0.717, 1.165) is 0 Å². The normalized spacial score (nSPS) is 0. The zero-order valence-electron chi connectivity index (χ0n) is 90.0. The summed E-state index contributed by atoms with van der Waals surface area (Å²) in [6.07, 6.45) is 0. The molecule has 0 aliphatic rings. The van der Waals surface area contributed by atoms with Crippen LogP contribution < -0.4 is 4470 Å². The van der Waals surface area contributed by atoms with Crippen LogP contribution in [0.15, 0.2) is 0 Å². The van der Waals surface area contributed by atoms with Gasteiger partial charge in [0.05, 0.1) is 0 Å². The molecule has 12 N–H and O–H groups in total. The van der Waals surface area contributed by atoms with Crippen LogP contribution in [-0.4, -0.2) is 32.9 Å². The second kappa shape index (κ2) is 630. The molecule has 0 heterocycles. The molecule has 0 atom stereocenters. The predicted octanol–water partition coefficient (Wildman–Crippen LogP) is -266. The van der Waals surface area contributed by atoms with Crippen molar-refractivity contribution in [2.75, 3.05) is 0 Å². The monoisotopic (exact) mass is 3500 g/mol. The molecule has 0 rings (SSSR count). The summed E-state index contributed by atoms with van der Waals surface area (Å²) in [5.41, 5.74) is 0. The summed E-state index contributed by atoms with van der Waals surface area (Å²) in [6.45, 7) is 0. The molecule has 0 aromatic rings. The fourth-order valence-electron chi connectivity index (χ4n) is 0. The smallest absolute Gasteiger partial charge is 0.412 e. The number of rotatable bonds is 0. The van der Waals surface area contributed by atoms with Gasteiger partial charge in [-0.05, 0) is 0 Å². The summed E-state index contributed by atoms with van der Waals surface area (Å²) in [5.74, 6) is 0. The van der Waals surface area contributed by atoms with Gasteiger partial charge in [-0.25, -0.2) is 0 Å². The molecule has 0 aromatic heterocycles. The summed E-state index contributed by atoms with van der Waals surface area (Å²) >= 11 is 0. The first kappa shape index (κ1) is 638. The van der Waals surface area contributed by atoms with Crippen LogP contribution in [0.4, 0.5) is 0 Å². The molecule has 93 heteroatoms. The minimum Gasteiger partial charge on any atom is -0.412 e. The third kappa shape index (κ3) is 625. The van der Waals surface area contributed by atoms with Gasteiger partial charge in [0.1, 0.15) is 0 Å². The molecule has 93 heavy (non-hydrogen) atoms. The number of hydrogen-bond acceptors (Lipinski definition) is 0. The quantitative estimate of drug-likeness (QED) is 0.209. The van der Waals surface area contributed by atoms with Crippen LogP contribution in [-0.2, 0) is 0 Å². The molecule has 0 spiro atoms. The van der Waals surface area contributed by atoms with Gasteiger partial charge in [-0.1, -0.05) is 0 Å². The summed E-state index contributed by atoms with van der Waals surface area (Å²) in [4.78, 5) is 0. The van der Waals surface area contributed by atoms with Crippen LogP contribution >= 0.6 is 0 Å².